The van der Waals surface area contributed by atoms with E-state index < -0.39 is 0 Å². The molecule has 0 saturated heterocycles. The Bertz CT molecular complexity index is 719. The number of amides is 2. The summed E-state index contributed by atoms with van der Waals surface area (Å²) < 4.78 is 5.43. The zero-order chi connectivity index (χ0) is 16.9. The van der Waals surface area contributed by atoms with Crippen molar-refractivity contribution < 1.29 is 14.3 Å². The first-order chi connectivity index (χ1) is 11.6. The molecule has 1 fully saturated rings. The fraction of sp³-hybridized carbons (Fsp3) is 0.263. The summed E-state index contributed by atoms with van der Waals surface area (Å²) in [6.45, 7) is 1.93. The zero-order valence-electron chi connectivity index (χ0n) is 13.5. The van der Waals surface area contributed by atoms with Gasteiger partial charge >= 0.3 is 0 Å². The Kier molecular flexibility index (Phi) is 4.79. The molecular formula is C19H20N2O3. The number of carbonyl (C=O) groups excluding carboxylic acids is 2. The fourth-order valence-corrected chi connectivity index (χ4v) is 2.18. The highest BCUT2D eigenvalue weighted by Crippen LogP contribution is 2.19. The summed E-state index contributed by atoms with van der Waals surface area (Å²) in [5.41, 5.74) is 2.36. The Balaban J connectivity index is 1.48. The van der Waals surface area contributed by atoms with Gasteiger partial charge in [-0.3, -0.25) is 9.59 Å². The van der Waals surface area contributed by atoms with Crippen molar-refractivity contribution in [1.82, 2.24) is 5.32 Å². The number of nitrogens with one attached hydrogen (secondary N) is 2. The van der Waals surface area contributed by atoms with E-state index in [0.29, 0.717) is 23.0 Å². The molecule has 0 atom stereocenters. The number of carbonyl (C=O) groups is 2. The summed E-state index contributed by atoms with van der Waals surface area (Å²) in [7, 11) is 0. The lowest BCUT2D eigenvalue weighted by molar-refractivity contribution is -0.118. The van der Waals surface area contributed by atoms with Gasteiger partial charge in [0, 0.05) is 17.3 Å². The van der Waals surface area contributed by atoms with Crippen molar-refractivity contribution in [2.45, 2.75) is 25.8 Å². The van der Waals surface area contributed by atoms with Gasteiger partial charge in [0.05, 0.1) is 0 Å². The third kappa shape index (κ3) is 4.59. The van der Waals surface area contributed by atoms with Crippen LogP contribution in [0.25, 0.3) is 0 Å². The van der Waals surface area contributed by atoms with Crippen LogP contribution in [0.3, 0.4) is 0 Å². The Hall–Kier alpha value is -2.82. The van der Waals surface area contributed by atoms with Gasteiger partial charge in [-0.1, -0.05) is 17.7 Å². The monoisotopic (exact) mass is 324 g/mol. The van der Waals surface area contributed by atoms with E-state index in [9.17, 15) is 9.59 Å². The summed E-state index contributed by atoms with van der Waals surface area (Å²) in [5.74, 6) is 0.340. The van der Waals surface area contributed by atoms with Crippen LogP contribution < -0.4 is 15.4 Å². The topological polar surface area (TPSA) is 67.4 Å². The highest BCUT2D eigenvalue weighted by molar-refractivity contribution is 5.96. The average Bonchev–Trinajstić information content (AvgIpc) is 3.39. The van der Waals surface area contributed by atoms with E-state index in [1.54, 1.807) is 24.3 Å². The third-order valence-corrected chi connectivity index (χ3v) is 3.73. The lowest BCUT2D eigenvalue weighted by Crippen LogP contribution is -2.25. The van der Waals surface area contributed by atoms with E-state index in [1.165, 1.54) is 0 Å². The van der Waals surface area contributed by atoms with Crippen LogP contribution in [-0.2, 0) is 4.79 Å². The van der Waals surface area contributed by atoms with Gasteiger partial charge in [0.15, 0.2) is 6.61 Å². The Labute approximate surface area is 141 Å². The number of ether oxygens (including phenoxy) is 1. The molecule has 2 aromatic carbocycles. The number of anilines is 1. The molecule has 2 aromatic rings. The van der Waals surface area contributed by atoms with Gasteiger partial charge < -0.3 is 15.4 Å². The van der Waals surface area contributed by atoms with E-state index >= 15 is 0 Å². The molecule has 0 radical (unpaired) electrons. The van der Waals surface area contributed by atoms with Gasteiger partial charge in [0.2, 0.25) is 0 Å². The largest absolute Gasteiger partial charge is 0.484 e. The van der Waals surface area contributed by atoms with E-state index in [0.717, 1.165) is 18.4 Å². The molecule has 5 heteroatoms. The van der Waals surface area contributed by atoms with Gasteiger partial charge in [-0.25, -0.2) is 0 Å². The van der Waals surface area contributed by atoms with Crippen LogP contribution in [0.4, 0.5) is 5.69 Å². The minimum Gasteiger partial charge on any atom is -0.484 e. The highest BCUT2D eigenvalue weighted by atomic mass is 16.5. The van der Waals surface area contributed by atoms with Crippen molar-refractivity contribution >= 4 is 17.5 Å². The van der Waals surface area contributed by atoms with Crippen molar-refractivity contribution in [3.05, 3.63) is 59.7 Å². The Morgan fingerprint density at radius 2 is 1.71 bits per heavy atom. The molecule has 1 aliphatic carbocycles. The molecule has 0 unspecified atom stereocenters. The maximum atomic E-state index is 11.9. The van der Waals surface area contributed by atoms with Gasteiger partial charge in [-0.15, -0.1) is 0 Å². The maximum absolute atomic E-state index is 11.9. The van der Waals surface area contributed by atoms with Crippen molar-refractivity contribution in [2.24, 2.45) is 0 Å². The van der Waals surface area contributed by atoms with E-state index in [1.807, 2.05) is 31.2 Å². The molecule has 1 aliphatic rings. The molecular weight excluding hydrogens is 304 g/mol. The van der Waals surface area contributed by atoms with E-state index in [2.05, 4.69) is 10.6 Å². The predicted molar refractivity (Wildman–Crippen MR) is 92.2 cm³/mol. The van der Waals surface area contributed by atoms with Crippen LogP contribution in [0.15, 0.2) is 48.5 Å². The third-order valence-electron chi connectivity index (χ3n) is 3.73. The normalized spacial score (nSPS) is 13.2. The quantitative estimate of drug-likeness (QED) is 0.858. The molecule has 2 amide bonds. The highest BCUT2D eigenvalue weighted by Gasteiger charge is 2.23. The van der Waals surface area contributed by atoms with E-state index in [-0.39, 0.29) is 18.4 Å². The molecule has 3 rings (SSSR count). The molecule has 2 N–H and O–H groups in total. The van der Waals surface area contributed by atoms with Crippen LogP contribution in [0.5, 0.6) is 5.75 Å². The minimum atomic E-state index is -0.245. The van der Waals surface area contributed by atoms with Gasteiger partial charge in [0.25, 0.3) is 11.8 Å². The van der Waals surface area contributed by atoms with Crippen molar-refractivity contribution in [3.63, 3.8) is 0 Å². The first-order valence-electron chi connectivity index (χ1n) is 8.00. The number of hydrogen-bond acceptors (Lipinski definition) is 3. The Morgan fingerprint density at radius 1 is 1.04 bits per heavy atom. The summed E-state index contributed by atoms with van der Waals surface area (Å²) >= 11 is 0. The summed E-state index contributed by atoms with van der Waals surface area (Å²) in [6, 6.07) is 14.7. The second-order valence-corrected chi connectivity index (χ2v) is 5.97. The first kappa shape index (κ1) is 16.1. The molecule has 0 aromatic heterocycles. The molecule has 0 heterocycles. The molecule has 0 spiro atoms. The van der Waals surface area contributed by atoms with Gasteiger partial charge in [-0.05, 0) is 56.2 Å². The molecule has 1 saturated carbocycles. The zero-order valence-corrected chi connectivity index (χ0v) is 13.5. The van der Waals surface area contributed by atoms with Crippen molar-refractivity contribution in [2.75, 3.05) is 11.9 Å². The van der Waals surface area contributed by atoms with Gasteiger partial charge in [-0.2, -0.15) is 0 Å². The summed E-state index contributed by atoms with van der Waals surface area (Å²) in [4.78, 5) is 23.8. The maximum Gasteiger partial charge on any atom is 0.262 e. The van der Waals surface area contributed by atoms with E-state index in [4.69, 9.17) is 4.74 Å². The Morgan fingerprint density at radius 3 is 2.33 bits per heavy atom. The molecule has 124 valence electrons. The van der Waals surface area contributed by atoms with Crippen molar-refractivity contribution in [3.8, 4) is 5.75 Å². The van der Waals surface area contributed by atoms with Crippen LogP contribution in [0.2, 0.25) is 0 Å². The number of benzene rings is 2. The number of hydrogen-bond donors (Lipinski definition) is 2. The predicted octanol–water partition coefficient (Wildman–Crippen LogP) is 2.90. The molecule has 5 nitrogen and oxygen atoms in total. The SMILES string of the molecule is Cc1ccc(OCC(=O)Nc2ccc(C(=O)NC3CC3)cc2)cc1. The van der Waals surface area contributed by atoms with Crippen LogP contribution in [-0.4, -0.2) is 24.5 Å². The second-order valence-electron chi connectivity index (χ2n) is 5.97. The van der Waals surface area contributed by atoms with Gasteiger partial charge in [0.1, 0.15) is 5.75 Å². The smallest absolute Gasteiger partial charge is 0.262 e. The standard InChI is InChI=1S/C19H20N2O3/c1-13-2-10-17(11-3-13)24-12-18(22)20-15-6-4-14(5-7-15)19(23)21-16-8-9-16/h2-7,10-11,16H,8-9,12H2,1H3,(H,20,22)(H,21,23). The lowest BCUT2D eigenvalue weighted by atomic mass is 10.2. The summed E-state index contributed by atoms with van der Waals surface area (Å²) in [6.07, 6.45) is 2.11. The lowest BCUT2D eigenvalue weighted by Gasteiger charge is -2.08. The molecule has 24 heavy (non-hydrogen) atoms. The van der Waals surface area contributed by atoms with Crippen LogP contribution >= 0.6 is 0 Å². The first-order valence-corrected chi connectivity index (χ1v) is 8.00. The second kappa shape index (κ2) is 7.17. The van der Waals surface area contributed by atoms with Crippen LogP contribution in [0.1, 0.15) is 28.8 Å². The number of rotatable bonds is 6. The molecule has 0 bridgehead atoms. The van der Waals surface area contributed by atoms with Crippen molar-refractivity contribution in [1.29, 1.82) is 0 Å². The average molecular weight is 324 g/mol. The molecule has 0 aliphatic heterocycles. The minimum absolute atomic E-state index is 0.0625. The summed E-state index contributed by atoms with van der Waals surface area (Å²) in [5, 5.41) is 5.67. The number of aryl methyl sites for hydroxylation is 1. The van der Waals surface area contributed by atoms with Crippen LogP contribution in [0, 0.1) is 6.92 Å². The fourth-order valence-electron chi connectivity index (χ4n) is 2.18.